The minimum absolute atomic E-state index is 0.150. The van der Waals surface area contributed by atoms with Crippen LogP contribution in [-0.2, 0) is 9.59 Å². The van der Waals surface area contributed by atoms with Crippen LogP contribution in [0.25, 0.3) is 16.0 Å². The fourth-order valence-electron chi connectivity index (χ4n) is 4.15. The number of aliphatic hydroxyl groups excluding tert-OH is 1. The van der Waals surface area contributed by atoms with Gasteiger partial charge in [0.15, 0.2) is 5.13 Å². The van der Waals surface area contributed by atoms with Gasteiger partial charge in [0.25, 0.3) is 11.5 Å². The molecule has 1 aliphatic rings. The number of thiazole rings is 1. The van der Waals surface area contributed by atoms with Crippen molar-refractivity contribution in [3.05, 3.63) is 93.5 Å². The van der Waals surface area contributed by atoms with Crippen molar-refractivity contribution in [2.45, 2.75) is 6.04 Å². The van der Waals surface area contributed by atoms with Crippen LogP contribution in [0.5, 0.6) is 11.5 Å². The Labute approximate surface area is 214 Å². The molecule has 2 heterocycles. The number of carbonyl (C=O) groups is 2. The largest absolute Gasteiger partial charge is 0.507 e. The first-order valence-corrected chi connectivity index (χ1v) is 11.8. The maximum absolute atomic E-state index is 13.4. The van der Waals surface area contributed by atoms with Gasteiger partial charge >= 0.3 is 5.91 Å². The van der Waals surface area contributed by atoms with Crippen LogP contribution in [-0.4, -0.2) is 40.9 Å². The summed E-state index contributed by atoms with van der Waals surface area (Å²) < 4.78 is 11.2. The number of nitro benzene ring substituents is 1. The van der Waals surface area contributed by atoms with Gasteiger partial charge in [-0.05, 0) is 60.2 Å². The monoisotopic (exact) mass is 517 g/mol. The first-order chi connectivity index (χ1) is 17.8. The number of aromatic nitrogens is 1. The third kappa shape index (κ3) is 4.15. The van der Waals surface area contributed by atoms with Crippen molar-refractivity contribution >= 4 is 49.8 Å². The predicted octanol–water partition coefficient (Wildman–Crippen LogP) is 4.85. The van der Waals surface area contributed by atoms with E-state index >= 15 is 0 Å². The molecule has 1 atom stereocenters. The molecule has 1 saturated heterocycles. The average molecular weight is 518 g/mol. The van der Waals surface area contributed by atoms with E-state index in [1.165, 1.54) is 54.7 Å². The number of fused-ring (bicyclic) bond motifs is 1. The summed E-state index contributed by atoms with van der Waals surface area (Å²) in [6, 6.07) is 16.0. The lowest BCUT2D eigenvalue weighted by molar-refractivity contribution is -0.384. The molecule has 0 aliphatic carbocycles. The lowest BCUT2D eigenvalue weighted by Crippen LogP contribution is -2.29. The lowest BCUT2D eigenvalue weighted by Gasteiger charge is -2.22. The fourth-order valence-corrected chi connectivity index (χ4v) is 5.17. The number of methoxy groups -OCH3 is 2. The Morgan fingerprint density at radius 2 is 1.65 bits per heavy atom. The number of non-ortho nitro benzene ring substituents is 1. The fraction of sp³-hybridized carbons (Fsp3) is 0.115. The van der Waals surface area contributed by atoms with Gasteiger partial charge in [-0.2, -0.15) is 0 Å². The third-order valence-electron chi connectivity index (χ3n) is 6.02. The van der Waals surface area contributed by atoms with Crippen LogP contribution in [0.15, 0.2) is 72.3 Å². The van der Waals surface area contributed by atoms with Gasteiger partial charge in [-0.25, -0.2) is 4.98 Å². The number of ketones is 1. The van der Waals surface area contributed by atoms with E-state index in [1.807, 2.05) is 0 Å². The highest BCUT2D eigenvalue weighted by molar-refractivity contribution is 7.22. The summed E-state index contributed by atoms with van der Waals surface area (Å²) in [5.41, 5.74) is 1.00. The number of Topliss-reactive ketones (excluding diaryl/α,β-unsaturated/α-hetero) is 1. The summed E-state index contributed by atoms with van der Waals surface area (Å²) in [7, 11) is 3.04. The quantitative estimate of drug-likeness (QED) is 0.126. The van der Waals surface area contributed by atoms with Crippen molar-refractivity contribution in [3.63, 3.8) is 0 Å². The molecule has 1 aliphatic heterocycles. The van der Waals surface area contributed by atoms with Gasteiger partial charge in [-0.1, -0.05) is 11.3 Å². The topological polar surface area (TPSA) is 132 Å². The summed E-state index contributed by atoms with van der Waals surface area (Å²) in [4.78, 5) is 43.1. The van der Waals surface area contributed by atoms with Gasteiger partial charge < -0.3 is 14.6 Å². The number of carbonyl (C=O) groups excluding carboxylic acids is 2. The zero-order chi connectivity index (χ0) is 26.3. The molecule has 10 nitrogen and oxygen atoms in total. The number of hydrogen-bond donors (Lipinski definition) is 1. The second kappa shape index (κ2) is 9.36. The van der Waals surface area contributed by atoms with E-state index in [4.69, 9.17) is 9.47 Å². The molecular formula is C26H19N3O7S. The van der Waals surface area contributed by atoms with Crippen molar-refractivity contribution in [1.29, 1.82) is 0 Å². The molecule has 4 aromatic rings. The van der Waals surface area contributed by atoms with Crippen molar-refractivity contribution < 1.29 is 29.1 Å². The molecule has 0 saturated carbocycles. The highest BCUT2D eigenvalue weighted by atomic mass is 32.1. The van der Waals surface area contributed by atoms with Gasteiger partial charge in [0.2, 0.25) is 0 Å². The van der Waals surface area contributed by atoms with Crippen LogP contribution in [0.4, 0.5) is 10.8 Å². The van der Waals surface area contributed by atoms with Crippen LogP contribution in [0.1, 0.15) is 17.2 Å². The zero-order valence-electron chi connectivity index (χ0n) is 19.6. The van der Waals surface area contributed by atoms with E-state index in [-0.39, 0.29) is 22.2 Å². The van der Waals surface area contributed by atoms with Crippen molar-refractivity contribution in [2.75, 3.05) is 19.1 Å². The first-order valence-electron chi connectivity index (χ1n) is 11.0. The molecular weight excluding hydrogens is 498 g/mol. The van der Waals surface area contributed by atoms with E-state index in [0.717, 1.165) is 4.70 Å². The predicted molar refractivity (Wildman–Crippen MR) is 137 cm³/mol. The summed E-state index contributed by atoms with van der Waals surface area (Å²) in [6.07, 6.45) is 0. The Kier molecular flexibility index (Phi) is 6.06. The van der Waals surface area contributed by atoms with Gasteiger partial charge in [0.05, 0.1) is 41.0 Å². The Morgan fingerprint density at radius 1 is 1.00 bits per heavy atom. The van der Waals surface area contributed by atoms with Gasteiger partial charge in [0, 0.05) is 17.7 Å². The molecule has 11 heteroatoms. The van der Waals surface area contributed by atoms with E-state index in [2.05, 4.69) is 4.98 Å². The number of benzene rings is 3. The van der Waals surface area contributed by atoms with Crippen LogP contribution >= 0.6 is 11.3 Å². The molecule has 0 bridgehead atoms. The van der Waals surface area contributed by atoms with Crippen molar-refractivity contribution in [3.8, 4) is 11.5 Å². The minimum atomic E-state index is -1.06. The van der Waals surface area contributed by atoms with E-state index in [0.29, 0.717) is 28.1 Å². The molecule has 5 rings (SSSR count). The molecule has 0 radical (unpaired) electrons. The maximum atomic E-state index is 13.4. The number of rotatable bonds is 6. The summed E-state index contributed by atoms with van der Waals surface area (Å²) in [5.74, 6) is -0.988. The zero-order valence-corrected chi connectivity index (χ0v) is 20.4. The Bertz CT molecular complexity index is 1580. The molecule has 1 amide bonds. The number of nitrogens with zero attached hydrogens (tertiary/aromatic N) is 3. The molecule has 1 aromatic heterocycles. The SMILES string of the molecule is COc1ccc(/C(O)=C2\C(=O)C(=O)N(c3nc4ccc(OC)cc4s3)[C@H]2c2ccc([N+](=O)[O-])cc2)cc1. The molecule has 37 heavy (non-hydrogen) atoms. The van der Waals surface area contributed by atoms with Gasteiger partial charge in [-0.3, -0.25) is 24.6 Å². The summed E-state index contributed by atoms with van der Waals surface area (Å²) in [5, 5.41) is 22.6. The average Bonchev–Trinajstić information content (AvgIpc) is 3.45. The number of anilines is 1. The molecule has 0 spiro atoms. The van der Waals surface area contributed by atoms with Gasteiger partial charge in [0.1, 0.15) is 17.3 Å². The molecule has 1 fully saturated rings. The van der Waals surface area contributed by atoms with Crippen molar-refractivity contribution in [2.24, 2.45) is 0 Å². The molecule has 0 unspecified atom stereocenters. The second-order valence-electron chi connectivity index (χ2n) is 8.08. The van der Waals surface area contributed by atoms with Crippen LogP contribution in [0.3, 0.4) is 0 Å². The number of amides is 1. The van der Waals surface area contributed by atoms with Gasteiger partial charge in [-0.15, -0.1) is 0 Å². The number of nitro groups is 1. The van der Waals surface area contributed by atoms with Crippen LogP contribution in [0, 0.1) is 10.1 Å². The van der Waals surface area contributed by atoms with E-state index in [1.54, 1.807) is 42.5 Å². The summed E-state index contributed by atoms with van der Waals surface area (Å²) in [6.45, 7) is 0. The molecule has 3 aromatic carbocycles. The van der Waals surface area contributed by atoms with E-state index in [9.17, 15) is 24.8 Å². The molecule has 1 N–H and O–H groups in total. The Balaban J connectivity index is 1.70. The third-order valence-corrected chi connectivity index (χ3v) is 7.04. The Hall–Kier alpha value is -4.77. The smallest absolute Gasteiger partial charge is 0.301 e. The number of hydrogen-bond acceptors (Lipinski definition) is 9. The van der Waals surface area contributed by atoms with Crippen LogP contribution < -0.4 is 14.4 Å². The Morgan fingerprint density at radius 3 is 2.27 bits per heavy atom. The van der Waals surface area contributed by atoms with Crippen molar-refractivity contribution in [1.82, 2.24) is 4.98 Å². The first kappa shape index (κ1) is 23.9. The number of ether oxygens (including phenoxy) is 2. The number of aliphatic hydroxyl groups is 1. The highest BCUT2D eigenvalue weighted by Gasteiger charge is 2.48. The highest BCUT2D eigenvalue weighted by Crippen LogP contribution is 2.45. The van der Waals surface area contributed by atoms with Crippen LogP contribution in [0.2, 0.25) is 0 Å². The normalized spacial score (nSPS) is 16.8. The lowest BCUT2D eigenvalue weighted by atomic mass is 9.95. The summed E-state index contributed by atoms with van der Waals surface area (Å²) >= 11 is 1.18. The minimum Gasteiger partial charge on any atom is -0.507 e. The maximum Gasteiger partial charge on any atom is 0.301 e. The second-order valence-corrected chi connectivity index (χ2v) is 9.09. The van der Waals surface area contributed by atoms with E-state index < -0.39 is 22.7 Å². The standard InChI is InChI=1S/C26H19N3O7S/c1-35-17-9-5-15(6-10-17)23(30)21-22(14-3-7-16(8-4-14)29(33)34)28(25(32)24(21)31)26-27-19-12-11-18(36-2)13-20(19)37-26/h3-13,22,30H,1-2H3/b23-21+/t22-/m0/s1. The molecule has 186 valence electrons.